The molecule has 1 aromatic rings. The van der Waals surface area contributed by atoms with Crippen LogP contribution < -0.4 is 10.2 Å². The Kier molecular flexibility index (Phi) is 4.04. The van der Waals surface area contributed by atoms with E-state index in [0.29, 0.717) is 19.4 Å². The third-order valence-electron chi connectivity index (χ3n) is 3.34. The van der Waals surface area contributed by atoms with Crippen molar-refractivity contribution in [1.82, 2.24) is 0 Å². The van der Waals surface area contributed by atoms with E-state index in [9.17, 15) is 9.59 Å². The number of carbonyl (C=O) groups is 2. The number of aryl methyl sites for hydroxylation is 1. The summed E-state index contributed by atoms with van der Waals surface area (Å²) < 4.78 is 0. The Morgan fingerprint density at radius 1 is 1.42 bits per heavy atom. The molecule has 0 bridgehead atoms. The van der Waals surface area contributed by atoms with E-state index in [1.165, 1.54) is 0 Å². The Labute approximate surface area is 112 Å². The van der Waals surface area contributed by atoms with Crippen LogP contribution in [0.25, 0.3) is 0 Å². The van der Waals surface area contributed by atoms with Crippen molar-refractivity contribution in [1.29, 1.82) is 0 Å². The van der Waals surface area contributed by atoms with Gasteiger partial charge in [-0.05, 0) is 36.6 Å². The molecular weight excluding hydrogens is 244 g/mol. The van der Waals surface area contributed by atoms with Gasteiger partial charge in [0, 0.05) is 37.8 Å². The lowest BCUT2D eigenvalue weighted by Crippen LogP contribution is -2.36. The van der Waals surface area contributed by atoms with Crippen molar-refractivity contribution in [3.8, 4) is 0 Å². The molecule has 0 aliphatic carbocycles. The lowest BCUT2D eigenvalue weighted by molar-refractivity contribution is -0.137. The van der Waals surface area contributed by atoms with E-state index < -0.39 is 5.97 Å². The zero-order valence-corrected chi connectivity index (χ0v) is 11.0. The number of carboxylic acids is 1. The van der Waals surface area contributed by atoms with Crippen molar-refractivity contribution in [2.75, 3.05) is 23.8 Å². The molecule has 1 aliphatic rings. The minimum atomic E-state index is -0.824. The van der Waals surface area contributed by atoms with E-state index in [4.69, 9.17) is 5.11 Å². The number of rotatable bonds is 5. The van der Waals surface area contributed by atoms with Crippen molar-refractivity contribution in [2.24, 2.45) is 0 Å². The second-order valence-electron chi connectivity index (χ2n) is 4.64. The number of nitrogens with zero attached hydrogens (tertiary/aromatic N) is 1. The molecule has 102 valence electrons. The highest BCUT2D eigenvalue weighted by atomic mass is 16.4. The zero-order chi connectivity index (χ0) is 13.8. The van der Waals surface area contributed by atoms with Crippen LogP contribution in [0.2, 0.25) is 0 Å². The number of carboxylic acid groups (broad SMARTS) is 1. The van der Waals surface area contributed by atoms with Crippen LogP contribution in [-0.4, -0.2) is 30.6 Å². The van der Waals surface area contributed by atoms with Crippen LogP contribution in [0.5, 0.6) is 0 Å². The molecule has 2 N–H and O–H groups in total. The Hall–Kier alpha value is -2.04. The van der Waals surface area contributed by atoms with Gasteiger partial charge in [0.1, 0.15) is 0 Å². The zero-order valence-electron chi connectivity index (χ0n) is 11.0. The number of anilines is 2. The summed E-state index contributed by atoms with van der Waals surface area (Å²) in [5.74, 6) is -0.745. The molecule has 5 heteroatoms. The Morgan fingerprint density at radius 2 is 2.21 bits per heavy atom. The van der Waals surface area contributed by atoms with Gasteiger partial charge in [-0.15, -0.1) is 0 Å². The first kappa shape index (κ1) is 13.4. The number of aliphatic carboxylic acids is 1. The van der Waals surface area contributed by atoms with Crippen molar-refractivity contribution in [2.45, 2.75) is 25.7 Å². The molecule has 0 aromatic heterocycles. The van der Waals surface area contributed by atoms with Gasteiger partial charge >= 0.3 is 5.97 Å². The van der Waals surface area contributed by atoms with Crippen LogP contribution in [-0.2, 0) is 16.0 Å². The third-order valence-corrected chi connectivity index (χ3v) is 3.34. The monoisotopic (exact) mass is 262 g/mol. The summed E-state index contributed by atoms with van der Waals surface area (Å²) in [6.07, 6.45) is 1.81. The predicted octanol–water partition coefficient (Wildman–Crippen LogP) is 1.87. The highest BCUT2D eigenvalue weighted by Crippen LogP contribution is 2.30. The van der Waals surface area contributed by atoms with E-state index in [1.807, 2.05) is 25.2 Å². The summed E-state index contributed by atoms with van der Waals surface area (Å²) in [7, 11) is 1.86. The summed E-state index contributed by atoms with van der Waals surface area (Å²) in [6, 6.07) is 5.91. The third kappa shape index (κ3) is 3.05. The standard InChI is InChI=1S/C14H18N2O3/c1-15-11-5-6-12-10(9-11)4-7-13(17)16(12)8-2-3-14(18)19/h5-6,9,15H,2-4,7-8H2,1H3,(H,18,19). The summed E-state index contributed by atoms with van der Waals surface area (Å²) >= 11 is 0. The summed E-state index contributed by atoms with van der Waals surface area (Å²) in [5.41, 5.74) is 3.08. The number of carbonyl (C=O) groups excluding carboxylic acids is 1. The molecule has 0 radical (unpaired) electrons. The molecule has 2 rings (SSSR count). The predicted molar refractivity (Wildman–Crippen MR) is 73.5 cm³/mol. The summed E-state index contributed by atoms with van der Waals surface area (Å²) in [6.45, 7) is 0.469. The largest absolute Gasteiger partial charge is 0.481 e. The smallest absolute Gasteiger partial charge is 0.303 e. The topological polar surface area (TPSA) is 69.6 Å². The first-order chi connectivity index (χ1) is 9.11. The van der Waals surface area contributed by atoms with Gasteiger partial charge in [-0.3, -0.25) is 9.59 Å². The molecule has 0 unspecified atom stereocenters. The Morgan fingerprint density at radius 3 is 2.89 bits per heavy atom. The molecule has 19 heavy (non-hydrogen) atoms. The number of amides is 1. The van der Waals surface area contributed by atoms with Crippen LogP contribution in [0.1, 0.15) is 24.8 Å². The lowest BCUT2D eigenvalue weighted by Gasteiger charge is -2.29. The molecule has 1 aliphatic heterocycles. The van der Waals surface area contributed by atoms with Crippen LogP contribution >= 0.6 is 0 Å². The van der Waals surface area contributed by atoms with Crippen LogP contribution in [0.3, 0.4) is 0 Å². The maximum absolute atomic E-state index is 12.0. The molecule has 1 heterocycles. The van der Waals surface area contributed by atoms with Crippen molar-refractivity contribution >= 4 is 23.3 Å². The fraction of sp³-hybridized carbons (Fsp3) is 0.429. The fourth-order valence-electron chi connectivity index (χ4n) is 2.35. The number of benzene rings is 1. The SMILES string of the molecule is CNc1ccc2c(c1)CCC(=O)N2CCCC(=O)O. The van der Waals surface area contributed by atoms with Crippen LogP contribution in [0.4, 0.5) is 11.4 Å². The molecule has 0 saturated carbocycles. The summed E-state index contributed by atoms with van der Waals surface area (Å²) in [5, 5.41) is 11.7. The van der Waals surface area contributed by atoms with Crippen LogP contribution in [0, 0.1) is 0 Å². The molecule has 1 aromatic carbocycles. The second kappa shape index (κ2) is 5.73. The van der Waals surface area contributed by atoms with E-state index in [1.54, 1.807) is 4.90 Å². The van der Waals surface area contributed by atoms with Gasteiger partial charge in [-0.1, -0.05) is 0 Å². The quantitative estimate of drug-likeness (QED) is 0.850. The first-order valence-electron chi connectivity index (χ1n) is 6.44. The number of fused-ring (bicyclic) bond motifs is 1. The molecular formula is C14H18N2O3. The minimum absolute atomic E-state index is 0.0788. The van der Waals surface area contributed by atoms with E-state index in [0.717, 1.165) is 23.4 Å². The Balaban J connectivity index is 2.15. The number of hydrogen-bond acceptors (Lipinski definition) is 3. The maximum Gasteiger partial charge on any atom is 0.303 e. The van der Waals surface area contributed by atoms with Gasteiger partial charge in [0.25, 0.3) is 0 Å². The van der Waals surface area contributed by atoms with Gasteiger partial charge in [0.05, 0.1) is 0 Å². The molecule has 0 atom stereocenters. The fourth-order valence-corrected chi connectivity index (χ4v) is 2.35. The molecule has 5 nitrogen and oxygen atoms in total. The molecule has 0 saturated heterocycles. The molecule has 0 spiro atoms. The lowest BCUT2D eigenvalue weighted by atomic mass is 10.00. The average molecular weight is 262 g/mol. The Bertz CT molecular complexity index is 499. The van der Waals surface area contributed by atoms with Gasteiger partial charge in [-0.2, -0.15) is 0 Å². The van der Waals surface area contributed by atoms with E-state index in [2.05, 4.69) is 5.32 Å². The average Bonchev–Trinajstić information content (AvgIpc) is 2.40. The number of nitrogens with one attached hydrogen (secondary N) is 1. The maximum atomic E-state index is 12.0. The van der Waals surface area contributed by atoms with Crippen molar-refractivity contribution < 1.29 is 14.7 Å². The highest BCUT2D eigenvalue weighted by molar-refractivity contribution is 5.96. The van der Waals surface area contributed by atoms with E-state index >= 15 is 0 Å². The molecule has 1 amide bonds. The van der Waals surface area contributed by atoms with Gasteiger partial charge in [-0.25, -0.2) is 0 Å². The molecule has 0 fully saturated rings. The van der Waals surface area contributed by atoms with Gasteiger partial charge < -0.3 is 15.3 Å². The summed E-state index contributed by atoms with van der Waals surface area (Å²) in [4.78, 5) is 24.2. The van der Waals surface area contributed by atoms with Crippen LogP contribution in [0.15, 0.2) is 18.2 Å². The van der Waals surface area contributed by atoms with E-state index in [-0.39, 0.29) is 12.3 Å². The highest BCUT2D eigenvalue weighted by Gasteiger charge is 2.23. The van der Waals surface area contributed by atoms with Crippen molar-refractivity contribution in [3.05, 3.63) is 23.8 Å². The van der Waals surface area contributed by atoms with Gasteiger partial charge in [0.2, 0.25) is 5.91 Å². The normalized spacial score (nSPS) is 14.2. The minimum Gasteiger partial charge on any atom is -0.481 e. The second-order valence-corrected chi connectivity index (χ2v) is 4.64. The first-order valence-corrected chi connectivity index (χ1v) is 6.44. The van der Waals surface area contributed by atoms with Crippen molar-refractivity contribution in [3.63, 3.8) is 0 Å². The number of hydrogen-bond donors (Lipinski definition) is 2. The van der Waals surface area contributed by atoms with Gasteiger partial charge in [0.15, 0.2) is 0 Å².